The summed E-state index contributed by atoms with van der Waals surface area (Å²) in [5.74, 6) is 0.468. The standard InChI is InChI=1S/C30H32FN5O4S/c31-22-9-12-26-27(18-22)34-29(33-26)21-8-13-28(32-19-21)36-16-14-24(15-17-36)40-23-10-6-20(7-11-23)30(37)35-41(38,39)25-4-2-1-3-5-25/h1-5,8-9,12-13,18-20,23-24H,6-7,10-11,14-17H2,(H,33,34)(H,35,37)/t20-,23-. The summed E-state index contributed by atoms with van der Waals surface area (Å²) in [6.45, 7) is 1.66. The molecule has 41 heavy (non-hydrogen) atoms. The van der Waals surface area contributed by atoms with Gasteiger partial charge in [0.15, 0.2) is 0 Å². The molecule has 0 bridgehead atoms. The zero-order chi connectivity index (χ0) is 28.4. The van der Waals surface area contributed by atoms with E-state index in [1.165, 1.54) is 24.3 Å². The van der Waals surface area contributed by atoms with E-state index in [9.17, 15) is 17.6 Å². The maximum absolute atomic E-state index is 13.5. The van der Waals surface area contributed by atoms with Crippen LogP contribution in [0.3, 0.4) is 0 Å². The number of hydrogen-bond donors (Lipinski definition) is 2. The maximum atomic E-state index is 13.5. The van der Waals surface area contributed by atoms with Gasteiger partial charge in [0.25, 0.3) is 10.0 Å². The van der Waals surface area contributed by atoms with Crippen molar-refractivity contribution in [3.8, 4) is 11.4 Å². The molecule has 1 saturated carbocycles. The Hall–Kier alpha value is -3.83. The molecule has 2 N–H and O–H groups in total. The summed E-state index contributed by atoms with van der Waals surface area (Å²) in [4.78, 5) is 27.3. The largest absolute Gasteiger partial charge is 0.375 e. The van der Waals surface area contributed by atoms with Gasteiger partial charge in [-0.25, -0.2) is 27.5 Å². The second-order valence-electron chi connectivity index (χ2n) is 10.7. The van der Waals surface area contributed by atoms with Crippen LogP contribution in [0.1, 0.15) is 38.5 Å². The monoisotopic (exact) mass is 577 g/mol. The number of aromatic nitrogens is 3. The molecule has 1 aliphatic carbocycles. The molecule has 0 atom stereocenters. The molecule has 4 aromatic rings. The Morgan fingerprint density at radius 1 is 0.951 bits per heavy atom. The number of ether oxygens (including phenoxy) is 1. The lowest BCUT2D eigenvalue weighted by Crippen LogP contribution is -2.41. The van der Waals surface area contributed by atoms with E-state index >= 15 is 0 Å². The van der Waals surface area contributed by atoms with Gasteiger partial charge in [0.05, 0.1) is 28.1 Å². The number of carbonyl (C=O) groups excluding carboxylic acids is 1. The van der Waals surface area contributed by atoms with Crippen molar-refractivity contribution >= 4 is 32.8 Å². The molecule has 9 nitrogen and oxygen atoms in total. The van der Waals surface area contributed by atoms with Crippen LogP contribution in [-0.4, -0.2) is 54.6 Å². The summed E-state index contributed by atoms with van der Waals surface area (Å²) < 4.78 is 47.1. The maximum Gasteiger partial charge on any atom is 0.264 e. The van der Waals surface area contributed by atoms with Gasteiger partial charge in [-0.05, 0) is 74.9 Å². The zero-order valence-electron chi connectivity index (χ0n) is 22.5. The van der Waals surface area contributed by atoms with Crippen molar-refractivity contribution < 1.29 is 22.3 Å². The van der Waals surface area contributed by atoms with E-state index < -0.39 is 15.9 Å². The van der Waals surface area contributed by atoms with Gasteiger partial charge in [0.1, 0.15) is 17.5 Å². The van der Waals surface area contributed by atoms with E-state index in [0.29, 0.717) is 24.2 Å². The molecule has 1 amide bonds. The summed E-state index contributed by atoms with van der Waals surface area (Å²) in [6.07, 6.45) is 6.47. The highest BCUT2D eigenvalue weighted by atomic mass is 32.2. The SMILES string of the molecule is O=C(NS(=O)(=O)c1ccccc1)[C@H]1CC[C@H](OC2CCN(c3ccc(-c4nc5cc(F)ccc5[nH]4)cn3)CC2)CC1. The highest BCUT2D eigenvalue weighted by molar-refractivity contribution is 7.90. The van der Waals surface area contributed by atoms with Crippen LogP contribution in [0.15, 0.2) is 71.8 Å². The van der Waals surface area contributed by atoms with E-state index in [4.69, 9.17) is 4.74 Å². The number of imidazole rings is 1. The number of anilines is 1. The number of nitrogens with zero attached hydrogens (tertiary/aromatic N) is 3. The van der Waals surface area contributed by atoms with E-state index in [0.717, 1.165) is 55.7 Å². The number of halogens is 1. The number of nitrogens with one attached hydrogen (secondary N) is 2. The molecule has 1 aliphatic heterocycles. The molecule has 1 saturated heterocycles. The molecule has 3 heterocycles. The number of benzene rings is 2. The second-order valence-corrected chi connectivity index (χ2v) is 12.4. The first-order valence-corrected chi connectivity index (χ1v) is 15.5. The quantitative estimate of drug-likeness (QED) is 0.324. The highest BCUT2D eigenvalue weighted by Crippen LogP contribution is 2.30. The molecule has 2 aromatic carbocycles. The lowest BCUT2D eigenvalue weighted by molar-refractivity contribution is -0.125. The third-order valence-corrected chi connectivity index (χ3v) is 9.31. The summed E-state index contributed by atoms with van der Waals surface area (Å²) in [5, 5.41) is 0. The predicted molar refractivity (Wildman–Crippen MR) is 153 cm³/mol. The molecule has 0 spiro atoms. The van der Waals surface area contributed by atoms with Gasteiger partial charge in [-0.1, -0.05) is 18.2 Å². The number of rotatable bonds is 7. The molecule has 214 valence electrons. The predicted octanol–water partition coefficient (Wildman–Crippen LogP) is 4.81. The Morgan fingerprint density at radius 3 is 2.39 bits per heavy atom. The van der Waals surface area contributed by atoms with Gasteiger partial charge in [0, 0.05) is 36.8 Å². The third kappa shape index (κ3) is 6.25. The molecular weight excluding hydrogens is 545 g/mol. The van der Waals surface area contributed by atoms with Crippen LogP contribution in [0.2, 0.25) is 0 Å². The Morgan fingerprint density at radius 2 is 1.68 bits per heavy atom. The van der Waals surface area contributed by atoms with Crippen LogP contribution in [0, 0.1) is 11.7 Å². The summed E-state index contributed by atoms with van der Waals surface area (Å²) in [7, 11) is -3.85. The number of carbonyl (C=O) groups is 1. The number of H-pyrrole nitrogens is 1. The molecule has 2 fully saturated rings. The molecule has 2 aliphatic rings. The van der Waals surface area contributed by atoms with Gasteiger partial charge in [-0.15, -0.1) is 0 Å². The van der Waals surface area contributed by atoms with Crippen molar-refractivity contribution in [2.24, 2.45) is 5.92 Å². The molecule has 0 radical (unpaired) electrons. The van der Waals surface area contributed by atoms with Crippen molar-refractivity contribution in [3.05, 3.63) is 72.7 Å². The van der Waals surface area contributed by atoms with Gasteiger partial charge in [0.2, 0.25) is 5.91 Å². The zero-order valence-corrected chi connectivity index (χ0v) is 23.3. The van der Waals surface area contributed by atoms with Crippen LogP contribution >= 0.6 is 0 Å². The van der Waals surface area contributed by atoms with Crippen LogP contribution < -0.4 is 9.62 Å². The summed E-state index contributed by atoms with van der Waals surface area (Å²) in [5.41, 5.74) is 2.20. The third-order valence-electron chi connectivity index (χ3n) is 7.95. The van der Waals surface area contributed by atoms with Crippen molar-refractivity contribution in [1.82, 2.24) is 19.7 Å². The Balaban J connectivity index is 0.959. The van der Waals surface area contributed by atoms with Crippen LogP contribution in [0.5, 0.6) is 0 Å². The minimum absolute atomic E-state index is 0.0797. The fourth-order valence-corrected chi connectivity index (χ4v) is 6.72. The fourth-order valence-electron chi connectivity index (χ4n) is 5.66. The first-order valence-electron chi connectivity index (χ1n) is 14.0. The highest BCUT2D eigenvalue weighted by Gasteiger charge is 2.31. The van der Waals surface area contributed by atoms with Gasteiger partial charge in [-0.2, -0.15) is 0 Å². The van der Waals surface area contributed by atoms with Crippen LogP contribution in [-0.2, 0) is 19.6 Å². The van der Waals surface area contributed by atoms with E-state index in [-0.39, 0.29) is 28.8 Å². The fraction of sp³-hybridized carbons (Fsp3) is 0.367. The van der Waals surface area contributed by atoms with Crippen molar-refractivity contribution in [2.45, 2.75) is 55.6 Å². The number of sulfonamides is 1. The first-order chi connectivity index (χ1) is 19.8. The van der Waals surface area contributed by atoms with Gasteiger partial charge >= 0.3 is 0 Å². The molecular formula is C30H32FN5O4S. The molecule has 2 aromatic heterocycles. The summed E-state index contributed by atoms with van der Waals surface area (Å²) >= 11 is 0. The van der Waals surface area contributed by atoms with Crippen molar-refractivity contribution in [2.75, 3.05) is 18.0 Å². The number of pyridine rings is 1. The Bertz CT molecular complexity index is 1610. The number of hydrogen-bond acceptors (Lipinski definition) is 7. The van der Waals surface area contributed by atoms with Crippen LogP contribution in [0.4, 0.5) is 10.2 Å². The molecule has 6 rings (SSSR count). The van der Waals surface area contributed by atoms with Gasteiger partial charge < -0.3 is 14.6 Å². The average molecular weight is 578 g/mol. The Kier molecular flexibility index (Phi) is 7.72. The molecule has 0 unspecified atom stereocenters. The minimum atomic E-state index is -3.85. The Labute approximate surface area is 238 Å². The van der Waals surface area contributed by atoms with Gasteiger partial charge in [-0.3, -0.25) is 4.79 Å². The van der Waals surface area contributed by atoms with Crippen molar-refractivity contribution in [3.63, 3.8) is 0 Å². The first kappa shape index (κ1) is 27.3. The van der Waals surface area contributed by atoms with E-state index in [2.05, 4.69) is 24.6 Å². The average Bonchev–Trinajstić information content (AvgIpc) is 3.42. The smallest absolute Gasteiger partial charge is 0.264 e. The molecule has 11 heteroatoms. The lowest BCUT2D eigenvalue weighted by atomic mass is 9.87. The van der Waals surface area contributed by atoms with Crippen LogP contribution in [0.25, 0.3) is 22.4 Å². The normalized spacial score (nSPS) is 20.3. The number of amides is 1. The van der Waals surface area contributed by atoms with Crippen molar-refractivity contribution in [1.29, 1.82) is 0 Å². The second kappa shape index (κ2) is 11.6. The van der Waals surface area contributed by atoms with E-state index in [1.807, 2.05) is 12.1 Å². The topological polar surface area (TPSA) is 117 Å². The number of aromatic amines is 1. The minimum Gasteiger partial charge on any atom is -0.375 e. The lowest BCUT2D eigenvalue weighted by Gasteiger charge is -2.36. The summed E-state index contributed by atoms with van der Waals surface area (Å²) in [6, 6.07) is 16.4. The number of fused-ring (bicyclic) bond motifs is 1. The number of piperidine rings is 1. The van der Waals surface area contributed by atoms with E-state index in [1.54, 1.807) is 30.5 Å².